The zero-order valence-electron chi connectivity index (χ0n) is 10.9. The number of nitrogens with one attached hydrogen (secondary N) is 1. The average molecular weight is 251 g/mol. The SMILES string of the molecule is CCCC(C)(O)CNC(=O)c1ccc(N)cc1N. The number of benzene rings is 1. The lowest BCUT2D eigenvalue weighted by Gasteiger charge is -2.23. The number of anilines is 2. The number of nitrogens with two attached hydrogens (primary N) is 2. The van der Waals surface area contributed by atoms with Crippen LogP contribution in [0.5, 0.6) is 0 Å². The van der Waals surface area contributed by atoms with Gasteiger partial charge in [-0.3, -0.25) is 4.79 Å². The summed E-state index contributed by atoms with van der Waals surface area (Å²) in [6, 6.07) is 4.74. The van der Waals surface area contributed by atoms with Crippen molar-refractivity contribution in [3.8, 4) is 0 Å². The van der Waals surface area contributed by atoms with Gasteiger partial charge in [-0.25, -0.2) is 0 Å². The summed E-state index contributed by atoms with van der Waals surface area (Å²) in [5.41, 5.74) is 11.6. The third-order valence-corrected chi connectivity index (χ3v) is 2.74. The topological polar surface area (TPSA) is 101 Å². The van der Waals surface area contributed by atoms with Crippen molar-refractivity contribution >= 4 is 17.3 Å². The highest BCUT2D eigenvalue weighted by Gasteiger charge is 2.20. The fraction of sp³-hybridized carbons (Fsp3) is 0.462. The molecule has 0 heterocycles. The molecule has 0 aliphatic heterocycles. The number of rotatable bonds is 5. The monoisotopic (exact) mass is 251 g/mol. The highest BCUT2D eigenvalue weighted by atomic mass is 16.3. The molecular weight excluding hydrogens is 230 g/mol. The highest BCUT2D eigenvalue weighted by molar-refractivity contribution is 5.99. The molecule has 0 aromatic heterocycles. The second-order valence-corrected chi connectivity index (χ2v) is 4.78. The lowest BCUT2D eigenvalue weighted by molar-refractivity contribution is 0.0470. The van der Waals surface area contributed by atoms with Crippen molar-refractivity contribution in [1.82, 2.24) is 5.32 Å². The maximum Gasteiger partial charge on any atom is 0.253 e. The molecule has 0 aliphatic carbocycles. The van der Waals surface area contributed by atoms with E-state index >= 15 is 0 Å². The molecule has 1 rings (SSSR count). The van der Waals surface area contributed by atoms with Gasteiger partial charge in [-0.05, 0) is 31.5 Å². The molecule has 1 aromatic carbocycles. The number of hydrogen-bond acceptors (Lipinski definition) is 4. The normalized spacial score (nSPS) is 13.9. The van der Waals surface area contributed by atoms with E-state index < -0.39 is 5.60 Å². The molecule has 5 heteroatoms. The molecule has 1 atom stereocenters. The summed E-state index contributed by atoms with van der Waals surface area (Å²) in [7, 11) is 0. The zero-order chi connectivity index (χ0) is 13.8. The van der Waals surface area contributed by atoms with E-state index in [9.17, 15) is 9.90 Å². The summed E-state index contributed by atoms with van der Waals surface area (Å²) < 4.78 is 0. The number of nitrogen functional groups attached to an aromatic ring is 2. The van der Waals surface area contributed by atoms with Crippen LogP contribution in [0.4, 0.5) is 11.4 Å². The number of hydrogen-bond donors (Lipinski definition) is 4. The molecule has 18 heavy (non-hydrogen) atoms. The minimum absolute atomic E-state index is 0.198. The Morgan fingerprint density at radius 1 is 1.44 bits per heavy atom. The van der Waals surface area contributed by atoms with Crippen molar-refractivity contribution in [2.45, 2.75) is 32.3 Å². The Hall–Kier alpha value is -1.75. The van der Waals surface area contributed by atoms with E-state index in [2.05, 4.69) is 5.32 Å². The number of carbonyl (C=O) groups excluding carboxylic acids is 1. The Kier molecular flexibility index (Phi) is 4.55. The van der Waals surface area contributed by atoms with Crippen molar-refractivity contribution in [1.29, 1.82) is 0 Å². The summed E-state index contributed by atoms with van der Waals surface area (Å²) in [6.07, 6.45) is 1.48. The van der Waals surface area contributed by atoms with Crippen LogP contribution in [0, 0.1) is 0 Å². The van der Waals surface area contributed by atoms with Gasteiger partial charge in [-0.1, -0.05) is 13.3 Å². The average Bonchev–Trinajstić information content (AvgIpc) is 2.26. The Morgan fingerprint density at radius 3 is 2.67 bits per heavy atom. The highest BCUT2D eigenvalue weighted by Crippen LogP contribution is 2.16. The lowest BCUT2D eigenvalue weighted by atomic mass is 10.0. The Labute approximate surface area is 107 Å². The third kappa shape index (κ3) is 3.92. The van der Waals surface area contributed by atoms with Gasteiger partial charge in [0.2, 0.25) is 0 Å². The van der Waals surface area contributed by atoms with Crippen LogP contribution in [0.3, 0.4) is 0 Å². The first kappa shape index (κ1) is 14.3. The Balaban J connectivity index is 2.66. The second-order valence-electron chi connectivity index (χ2n) is 4.78. The van der Waals surface area contributed by atoms with Gasteiger partial charge < -0.3 is 21.9 Å². The first-order chi connectivity index (χ1) is 8.35. The van der Waals surface area contributed by atoms with E-state index in [0.29, 0.717) is 23.4 Å². The summed E-state index contributed by atoms with van der Waals surface area (Å²) in [6.45, 7) is 3.88. The number of amides is 1. The van der Waals surface area contributed by atoms with Crippen molar-refractivity contribution < 1.29 is 9.90 Å². The van der Waals surface area contributed by atoms with E-state index in [1.54, 1.807) is 25.1 Å². The molecule has 0 saturated heterocycles. The molecule has 0 saturated carbocycles. The quantitative estimate of drug-likeness (QED) is 0.589. The van der Waals surface area contributed by atoms with Gasteiger partial charge in [-0.2, -0.15) is 0 Å². The molecule has 0 bridgehead atoms. The van der Waals surface area contributed by atoms with Crippen LogP contribution in [0.1, 0.15) is 37.0 Å². The van der Waals surface area contributed by atoms with Gasteiger partial charge >= 0.3 is 0 Å². The Bertz CT molecular complexity index is 430. The maximum atomic E-state index is 11.9. The standard InChI is InChI=1S/C13H21N3O2/c1-3-6-13(2,18)8-16-12(17)10-5-4-9(14)7-11(10)15/h4-5,7,18H,3,6,8,14-15H2,1-2H3,(H,16,17). The number of carbonyl (C=O) groups is 1. The summed E-state index contributed by atoms with van der Waals surface area (Å²) in [4.78, 5) is 11.9. The smallest absolute Gasteiger partial charge is 0.253 e. The van der Waals surface area contributed by atoms with Gasteiger partial charge in [0.25, 0.3) is 5.91 Å². The van der Waals surface area contributed by atoms with Gasteiger partial charge in [0.15, 0.2) is 0 Å². The molecule has 5 nitrogen and oxygen atoms in total. The minimum atomic E-state index is -0.896. The lowest BCUT2D eigenvalue weighted by Crippen LogP contribution is -2.40. The molecule has 1 aromatic rings. The molecule has 1 amide bonds. The van der Waals surface area contributed by atoms with Gasteiger partial charge in [0.05, 0.1) is 11.2 Å². The van der Waals surface area contributed by atoms with Crippen molar-refractivity contribution in [3.05, 3.63) is 23.8 Å². The van der Waals surface area contributed by atoms with Crippen LogP contribution in [-0.2, 0) is 0 Å². The van der Waals surface area contributed by atoms with Gasteiger partial charge in [0.1, 0.15) is 0 Å². The fourth-order valence-corrected chi connectivity index (χ4v) is 1.78. The van der Waals surface area contributed by atoms with E-state index in [0.717, 1.165) is 6.42 Å². The summed E-state index contributed by atoms with van der Waals surface area (Å²) in [5, 5.41) is 12.6. The first-order valence-electron chi connectivity index (χ1n) is 6.01. The molecule has 1 unspecified atom stereocenters. The van der Waals surface area contributed by atoms with Gasteiger partial charge in [-0.15, -0.1) is 0 Å². The van der Waals surface area contributed by atoms with Gasteiger partial charge in [0, 0.05) is 17.9 Å². The second kappa shape index (κ2) is 5.73. The van der Waals surface area contributed by atoms with E-state index in [4.69, 9.17) is 11.5 Å². The predicted octanol–water partition coefficient (Wildman–Crippen LogP) is 1.13. The van der Waals surface area contributed by atoms with Crippen LogP contribution in [-0.4, -0.2) is 23.2 Å². The molecule has 0 aliphatic rings. The first-order valence-corrected chi connectivity index (χ1v) is 6.01. The van der Waals surface area contributed by atoms with E-state index in [1.807, 2.05) is 6.92 Å². The molecule has 0 radical (unpaired) electrons. The maximum absolute atomic E-state index is 11.9. The molecule has 0 fully saturated rings. The summed E-state index contributed by atoms with van der Waals surface area (Å²) in [5.74, 6) is -0.302. The molecule has 100 valence electrons. The largest absolute Gasteiger partial charge is 0.399 e. The third-order valence-electron chi connectivity index (χ3n) is 2.74. The van der Waals surface area contributed by atoms with Crippen molar-refractivity contribution in [2.24, 2.45) is 0 Å². The fourth-order valence-electron chi connectivity index (χ4n) is 1.78. The van der Waals surface area contributed by atoms with Crippen molar-refractivity contribution in [2.75, 3.05) is 18.0 Å². The minimum Gasteiger partial charge on any atom is -0.399 e. The van der Waals surface area contributed by atoms with Crippen LogP contribution in [0.2, 0.25) is 0 Å². The Morgan fingerprint density at radius 2 is 2.11 bits per heavy atom. The molecular formula is C13H21N3O2. The predicted molar refractivity (Wildman–Crippen MR) is 73.1 cm³/mol. The molecule has 6 N–H and O–H groups in total. The van der Waals surface area contributed by atoms with Crippen LogP contribution in [0.25, 0.3) is 0 Å². The van der Waals surface area contributed by atoms with Crippen LogP contribution >= 0.6 is 0 Å². The van der Waals surface area contributed by atoms with E-state index in [-0.39, 0.29) is 12.5 Å². The summed E-state index contributed by atoms with van der Waals surface area (Å²) >= 11 is 0. The van der Waals surface area contributed by atoms with Crippen molar-refractivity contribution in [3.63, 3.8) is 0 Å². The molecule has 0 spiro atoms. The van der Waals surface area contributed by atoms with Crippen LogP contribution < -0.4 is 16.8 Å². The zero-order valence-corrected chi connectivity index (χ0v) is 10.9. The van der Waals surface area contributed by atoms with Crippen LogP contribution in [0.15, 0.2) is 18.2 Å². The van der Waals surface area contributed by atoms with E-state index in [1.165, 1.54) is 0 Å². The number of aliphatic hydroxyl groups is 1.